The van der Waals surface area contributed by atoms with E-state index in [1.807, 2.05) is 0 Å². The Bertz CT molecular complexity index is 1850. The van der Waals surface area contributed by atoms with E-state index in [2.05, 4.69) is 55.4 Å². The van der Waals surface area contributed by atoms with Crippen molar-refractivity contribution >= 4 is 39.5 Å². The maximum absolute atomic E-state index is 13.1. The maximum atomic E-state index is 13.1. The Labute approximate surface area is 575 Å². The number of aliphatic hydroxyl groups is 1. The SMILES string of the molecule is CCC(C)CCCCCCCCCCCCC(=O)O[C@H](COC(=O)CCCCCCCCCC(C)C)COP(=O)(O)OCC(O)COP(=O)(O)OC[C@@H](COC(=O)CCCCCCCCCCCCCCCCCCC(C)C)OC(=O)CCCCCCCCCCC(C)C. The van der Waals surface area contributed by atoms with Gasteiger partial charge in [0.1, 0.15) is 19.3 Å². The maximum Gasteiger partial charge on any atom is 0.472 e. The lowest BCUT2D eigenvalue weighted by molar-refractivity contribution is -0.161. The van der Waals surface area contributed by atoms with Crippen LogP contribution in [0.5, 0.6) is 0 Å². The number of carbonyl (C=O) groups is 4. The fourth-order valence-corrected chi connectivity index (χ4v) is 12.9. The Morgan fingerprint density at radius 3 is 0.755 bits per heavy atom. The second-order valence-electron chi connectivity index (χ2n) is 28.7. The zero-order valence-electron chi connectivity index (χ0n) is 61.6. The molecule has 558 valence electrons. The first kappa shape index (κ1) is 92.1. The zero-order valence-corrected chi connectivity index (χ0v) is 63.4. The summed E-state index contributed by atoms with van der Waals surface area (Å²) in [4.78, 5) is 72.7. The Kier molecular flexibility index (Phi) is 63.1. The van der Waals surface area contributed by atoms with Crippen LogP contribution >= 0.6 is 15.6 Å². The predicted molar refractivity (Wildman–Crippen MR) is 381 cm³/mol. The quantitative estimate of drug-likeness (QED) is 0.0222. The average molecular weight is 1380 g/mol. The van der Waals surface area contributed by atoms with Crippen molar-refractivity contribution in [3.8, 4) is 0 Å². The van der Waals surface area contributed by atoms with Gasteiger partial charge in [0.25, 0.3) is 0 Å². The van der Waals surface area contributed by atoms with E-state index in [1.165, 1.54) is 173 Å². The molecule has 3 N–H and O–H groups in total. The van der Waals surface area contributed by atoms with Crippen LogP contribution in [-0.4, -0.2) is 96.7 Å². The van der Waals surface area contributed by atoms with Crippen LogP contribution in [0, 0.1) is 23.7 Å². The third kappa shape index (κ3) is 67.3. The third-order valence-corrected chi connectivity index (χ3v) is 19.6. The fraction of sp³-hybridized carbons (Fsp3) is 0.947. The monoisotopic (exact) mass is 1380 g/mol. The number of carbonyl (C=O) groups excluding carboxylic acids is 4. The van der Waals surface area contributed by atoms with E-state index in [0.29, 0.717) is 31.6 Å². The standard InChI is InChI=1S/C75H146O17P2/c1-9-68(8)54-46-38-30-21-18-19-23-32-41-49-57-74(79)91-71(62-86-73(78)56-48-40-34-26-29-37-45-53-67(6)7)64-90-94(83,84)88-60-69(76)59-87-93(81,82)89-63-70(92-75(80)58-50-42-33-25-24-28-36-44-52-66(4)5)61-85-72(77)55-47-39-31-22-17-15-13-11-10-12-14-16-20-27-35-43-51-65(2)3/h65-71,76H,9-64H2,1-8H3,(H,81,82)(H,83,84)/t68?,69?,70-,71-/m1/s1. The van der Waals surface area contributed by atoms with Crippen LogP contribution in [0.1, 0.15) is 376 Å². The number of ether oxygens (including phenoxy) is 4. The van der Waals surface area contributed by atoms with Gasteiger partial charge in [-0.3, -0.25) is 37.3 Å². The summed E-state index contributed by atoms with van der Waals surface area (Å²) in [7, 11) is -9.91. The number of phosphoric ester groups is 2. The van der Waals surface area contributed by atoms with Crippen LogP contribution in [0.15, 0.2) is 0 Å². The molecule has 0 fully saturated rings. The average Bonchev–Trinajstić information content (AvgIpc) is 1.41. The highest BCUT2D eigenvalue weighted by Gasteiger charge is 2.30. The molecule has 0 aromatic heterocycles. The van der Waals surface area contributed by atoms with E-state index >= 15 is 0 Å². The number of unbranched alkanes of at least 4 members (excludes halogenated alkanes) is 37. The fourth-order valence-electron chi connectivity index (χ4n) is 11.3. The highest BCUT2D eigenvalue weighted by atomic mass is 31.2. The first-order valence-corrected chi connectivity index (χ1v) is 41.7. The molecule has 94 heavy (non-hydrogen) atoms. The van der Waals surface area contributed by atoms with E-state index in [0.717, 1.165) is 114 Å². The van der Waals surface area contributed by atoms with Crippen molar-refractivity contribution in [2.24, 2.45) is 23.7 Å². The molecule has 0 heterocycles. The van der Waals surface area contributed by atoms with Crippen molar-refractivity contribution < 1.29 is 80.2 Å². The number of rotatable bonds is 72. The van der Waals surface area contributed by atoms with Gasteiger partial charge in [0, 0.05) is 25.7 Å². The second kappa shape index (κ2) is 64.4. The topological polar surface area (TPSA) is 237 Å². The number of phosphoric acid groups is 2. The van der Waals surface area contributed by atoms with Gasteiger partial charge in [0.05, 0.1) is 26.4 Å². The normalized spacial score (nSPS) is 14.4. The molecule has 0 amide bonds. The molecule has 0 aliphatic rings. The Morgan fingerprint density at radius 2 is 0.511 bits per heavy atom. The molecule has 19 heteroatoms. The summed E-state index contributed by atoms with van der Waals surface area (Å²) in [5.41, 5.74) is 0. The molecule has 0 aliphatic heterocycles. The van der Waals surface area contributed by atoms with Gasteiger partial charge in [-0.1, -0.05) is 325 Å². The molecule has 0 aliphatic carbocycles. The summed E-state index contributed by atoms with van der Waals surface area (Å²) < 4.78 is 68.4. The van der Waals surface area contributed by atoms with E-state index in [1.54, 1.807) is 0 Å². The highest BCUT2D eigenvalue weighted by Crippen LogP contribution is 2.45. The van der Waals surface area contributed by atoms with Gasteiger partial charge in [-0.25, -0.2) is 9.13 Å². The van der Waals surface area contributed by atoms with Crippen molar-refractivity contribution in [2.45, 2.75) is 395 Å². The van der Waals surface area contributed by atoms with E-state index in [4.69, 9.17) is 37.0 Å². The zero-order chi connectivity index (χ0) is 69.6. The van der Waals surface area contributed by atoms with Crippen LogP contribution in [0.4, 0.5) is 0 Å². The lowest BCUT2D eigenvalue weighted by Gasteiger charge is -2.21. The molecule has 0 aromatic rings. The molecule has 0 radical (unpaired) electrons. The summed E-state index contributed by atoms with van der Waals surface area (Å²) in [6.45, 7) is 14.1. The molecule has 0 rings (SSSR count). The summed E-state index contributed by atoms with van der Waals surface area (Å²) in [6.07, 6.45) is 48.7. The summed E-state index contributed by atoms with van der Waals surface area (Å²) in [5.74, 6) is 0.914. The van der Waals surface area contributed by atoms with Gasteiger partial charge >= 0.3 is 39.5 Å². The van der Waals surface area contributed by atoms with E-state index in [-0.39, 0.29) is 25.7 Å². The predicted octanol–water partition coefficient (Wildman–Crippen LogP) is 21.7. The van der Waals surface area contributed by atoms with Crippen LogP contribution in [0.2, 0.25) is 0 Å². The highest BCUT2D eigenvalue weighted by molar-refractivity contribution is 7.47. The van der Waals surface area contributed by atoms with Crippen molar-refractivity contribution in [1.29, 1.82) is 0 Å². The Hall–Kier alpha value is -1.94. The van der Waals surface area contributed by atoms with Gasteiger partial charge in [0.2, 0.25) is 0 Å². The largest absolute Gasteiger partial charge is 0.472 e. The van der Waals surface area contributed by atoms with Gasteiger partial charge < -0.3 is 33.8 Å². The van der Waals surface area contributed by atoms with Crippen LogP contribution in [-0.2, 0) is 65.4 Å². The molecule has 0 saturated heterocycles. The minimum atomic E-state index is -4.96. The Morgan fingerprint density at radius 1 is 0.298 bits per heavy atom. The second-order valence-corrected chi connectivity index (χ2v) is 31.6. The van der Waals surface area contributed by atoms with Crippen LogP contribution < -0.4 is 0 Å². The lowest BCUT2D eigenvalue weighted by atomic mass is 9.99. The molecular weight excluding hydrogens is 1230 g/mol. The molecule has 0 bridgehead atoms. The van der Waals surface area contributed by atoms with E-state index in [9.17, 15) is 43.2 Å². The van der Waals surface area contributed by atoms with Crippen molar-refractivity contribution in [1.82, 2.24) is 0 Å². The first-order valence-electron chi connectivity index (χ1n) is 38.7. The van der Waals surface area contributed by atoms with Crippen molar-refractivity contribution in [3.05, 3.63) is 0 Å². The smallest absolute Gasteiger partial charge is 0.462 e. The number of aliphatic hydroxyl groups excluding tert-OH is 1. The summed E-state index contributed by atoms with van der Waals surface area (Å²) in [5, 5.41) is 10.6. The minimum Gasteiger partial charge on any atom is -0.462 e. The molecule has 0 spiro atoms. The molecule has 4 unspecified atom stereocenters. The molecule has 17 nitrogen and oxygen atoms in total. The summed E-state index contributed by atoms with van der Waals surface area (Å²) >= 11 is 0. The molecule has 6 atom stereocenters. The Balaban J connectivity index is 5.20. The van der Waals surface area contributed by atoms with Crippen molar-refractivity contribution in [2.75, 3.05) is 39.6 Å². The van der Waals surface area contributed by atoms with E-state index < -0.39 is 97.5 Å². The van der Waals surface area contributed by atoms with Crippen LogP contribution in [0.3, 0.4) is 0 Å². The molecule has 0 aromatic carbocycles. The number of hydrogen-bond donors (Lipinski definition) is 3. The van der Waals surface area contributed by atoms with Crippen LogP contribution in [0.25, 0.3) is 0 Å². The first-order chi connectivity index (χ1) is 45.1. The van der Waals surface area contributed by atoms with Gasteiger partial charge in [-0.15, -0.1) is 0 Å². The van der Waals surface area contributed by atoms with Crippen molar-refractivity contribution in [3.63, 3.8) is 0 Å². The number of esters is 4. The molecular formula is C75H146O17P2. The van der Waals surface area contributed by atoms with Gasteiger partial charge in [0.15, 0.2) is 12.2 Å². The minimum absolute atomic E-state index is 0.104. The van der Waals surface area contributed by atoms with Gasteiger partial charge in [-0.05, 0) is 49.4 Å². The third-order valence-electron chi connectivity index (χ3n) is 17.7. The number of hydrogen-bond acceptors (Lipinski definition) is 15. The molecule has 0 saturated carbocycles. The summed E-state index contributed by atoms with van der Waals surface area (Å²) in [6, 6.07) is 0. The lowest BCUT2D eigenvalue weighted by Crippen LogP contribution is -2.30. The van der Waals surface area contributed by atoms with Gasteiger partial charge in [-0.2, -0.15) is 0 Å².